The van der Waals surface area contributed by atoms with Gasteiger partial charge in [0.15, 0.2) is 0 Å². The maximum absolute atomic E-state index is 12.7. The Balaban J connectivity index is 1.57. The number of hydrogen-bond acceptors (Lipinski definition) is 4. The molecule has 1 N–H and O–H groups in total. The van der Waals surface area contributed by atoms with Gasteiger partial charge in [-0.05, 0) is 36.6 Å². The highest BCUT2D eigenvalue weighted by atomic mass is 16.5. The van der Waals surface area contributed by atoms with Crippen LogP contribution in [0.4, 0.5) is 0 Å². The van der Waals surface area contributed by atoms with E-state index in [-0.39, 0.29) is 17.2 Å². The molecule has 1 atom stereocenters. The minimum atomic E-state index is -0.438. The lowest BCUT2D eigenvalue weighted by molar-refractivity contribution is 0.0411. The number of benzene rings is 1. The fourth-order valence-corrected chi connectivity index (χ4v) is 3.36. The summed E-state index contributed by atoms with van der Waals surface area (Å²) in [7, 11) is 0. The van der Waals surface area contributed by atoms with Crippen LogP contribution in [0, 0.1) is 6.92 Å². The molecule has 0 saturated carbocycles. The first-order chi connectivity index (χ1) is 12.6. The Hall–Kier alpha value is -2.99. The van der Waals surface area contributed by atoms with Gasteiger partial charge in [0.2, 0.25) is 0 Å². The average Bonchev–Trinajstić information content (AvgIpc) is 2.66. The maximum atomic E-state index is 12.7. The summed E-state index contributed by atoms with van der Waals surface area (Å²) in [6.07, 6.45) is 2.00. The monoisotopic (exact) mass is 349 g/mol. The van der Waals surface area contributed by atoms with Crippen molar-refractivity contribution < 1.29 is 9.53 Å². The van der Waals surface area contributed by atoms with E-state index < -0.39 is 5.91 Å². The maximum Gasteiger partial charge on any atom is 0.270 e. The Morgan fingerprint density at radius 3 is 3.00 bits per heavy atom. The van der Waals surface area contributed by atoms with Gasteiger partial charge in [-0.1, -0.05) is 30.3 Å². The summed E-state index contributed by atoms with van der Waals surface area (Å²) in [6, 6.07) is 13.4. The van der Waals surface area contributed by atoms with Crippen molar-refractivity contribution >= 4 is 11.6 Å². The van der Waals surface area contributed by atoms with E-state index in [4.69, 9.17) is 4.74 Å². The number of aryl methyl sites for hydroxylation is 1. The van der Waals surface area contributed by atoms with Crippen molar-refractivity contribution in [3.8, 4) is 0 Å². The predicted octanol–water partition coefficient (Wildman–Crippen LogP) is 2.05. The van der Waals surface area contributed by atoms with Crippen LogP contribution in [0.5, 0.6) is 0 Å². The third kappa shape index (κ3) is 2.88. The van der Waals surface area contributed by atoms with E-state index in [9.17, 15) is 9.59 Å². The number of carbonyl (C=O) groups excluding carboxylic acids is 1. The van der Waals surface area contributed by atoms with E-state index in [2.05, 4.69) is 16.4 Å². The van der Waals surface area contributed by atoms with Crippen LogP contribution in [0.2, 0.25) is 0 Å². The normalized spacial score (nSPS) is 16.3. The van der Waals surface area contributed by atoms with Crippen molar-refractivity contribution in [1.82, 2.24) is 14.7 Å². The Morgan fingerprint density at radius 1 is 1.27 bits per heavy atom. The van der Waals surface area contributed by atoms with Crippen molar-refractivity contribution in [3.63, 3.8) is 0 Å². The Labute approximate surface area is 150 Å². The zero-order valence-corrected chi connectivity index (χ0v) is 14.4. The highest BCUT2D eigenvalue weighted by Crippen LogP contribution is 2.26. The van der Waals surface area contributed by atoms with E-state index >= 15 is 0 Å². The molecule has 0 aliphatic carbocycles. The largest absolute Gasteiger partial charge is 0.371 e. The average molecular weight is 349 g/mol. The lowest BCUT2D eigenvalue weighted by atomic mass is 9.97. The Kier molecular flexibility index (Phi) is 4.26. The summed E-state index contributed by atoms with van der Waals surface area (Å²) in [5, 5.41) is 2.82. The van der Waals surface area contributed by atoms with Crippen molar-refractivity contribution in [3.05, 3.63) is 81.4 Å². The van der Waals surface area contributed by atoms with Crippen molar-refractivity contribution in [2.75, 3.05) is 13.2 Å². The highest BCUT2D eigenvalue weighted by molar-refractivity contribution is 5.93. The van der Waals surface area contributed by atoms with Gasteiger partial charge in [-0.15, -0.1) is 0 Å². The summed E-state index contributed by atoms with van der Waals surface area (Å²) in [5.41, 5.74) is 3.25. The van der Waals surface area contributed by atoms with Crippen LogP contribution in [0.15, 0.2) is 53.5 Å². The molecule has 2 aromatic heterocycles. The molecule has 1 amide bonds. The van der Waals surface area contributed by atoms with Crippen LogP contribution in [0.1, 0.15) is 33.3 Å². The fraction of sp³-hybridized carbons (Fsp3) is 0.250. The zero-order chi connectivity index (χ0) is 18.1. The van der Waals surface area contributed by atoms with Crippen LogP contribution in [0.3, 0.4) is 0 Å². The molecule has 3 heterocycles. The summed E-state index contributed by atoms with van der Waals surface area (Å²) >= 11 is 0. The third-order valence-electron chi connectivity index (χ3n) is 4.71. The van der Waals surface area contributed by atoms with Crippen LogP contribution in [-0.2, 0) is 11.2 Å². The minimum absolute atomic E-state index is 0.0286. The number of rotatable bonds is 3. The van der Waals surface area contributed by atoms with Gasteiger partial charge in [-0.3, -0.25) is 14.0 Å². The molecule has 0 radical (unpaired) electrons. The van der Waals surface area contributed by atoms with E-state index in [1.54, 1.807) is 6.07 Å². The van der Waals surface area contributed by atoms with E-state index in [0.717, 1.165) is 17.7 Å². The third-order valence-corrected chi connectivity index (χ3v) is 4.71. The van der Waals surface area contributed by atoms with Crippen LogP contribution < -0.4 is 10.9 Å². The SMILES string of the molecule is Cc1cccc2ncc(C(=O)NCC3OCCc4ccccc43)c(=O)n12. The molecule has 0 spiro atoms. The molecule has 1 aromatic carbocycles. The quantitative estimate of drug-likeness (QED) is 0.785. The fourth-order valence-electron chi connectivity index (χ4n) is 3.36. The van der Waals surface area contributed by atoms with Crippen molar-refractivity contribution in [2.24, 2.45) is 0 Å². The number of nitrogens with one attached hydrogen (secondary N) is 1. The number of aromatic nitrogens is 2. The molecule has 1 aliphatic rings. The number of carbonyl (C=O) groups is 1. The Morgan fingerprint density at radius 2 is 2.12 bits per heavy atom. The van der Waals surface area contributed by atoms with E-state index in [0.29, 0.717) is 18.8 Å². The van der Waals surface area contributed by atoms with Gasteiger partial charge in [-0.2, -0.15) is 0 Å². The number of nitrogens with zero attached hydrogens (tertiary/aromatic N) is 2. The molecule has 0 fully saturated rings. The van der Waals surface area contributed by atoms with E-state index in [1.165, 1.54) is 16.2 Å². The summed E-state index contributed by atoms with van der Waals surface area (Å²) in [5.74, 6) is -0.438. The first kappa shape index (κ1) is 16.5. The first-order valence-electron chi connectivity index (χ1n) is 8.60. The number of fused-ring (bicyclic) bond motifs is 2. The van der Waals surface area contributed by atoms with E-state index in [1.807, 2.05) is 37.3 Å². The smallest absolute Gasteiger partial charge is 0.270 e. The second kappa shape index (κ2) is 6.72. The van der Waals surface area contributed by atoms with Crippen molar-refractivity contribution in [2.45, 2.75) is 19.4 Å². The number of amides is 1. The molecule has 6 heteroatoms. The first-order valence-corrected chi connectivity index (χ1v) is 8.60. The lowest BCUT2D eigenvalue weighted by Gasteiger charge is -2.26. The molecule has 6 nitrogen and oxygen atoms in total. The molecule has 26 heavy (non-hydrogen) atoms. The summed E-state index contributed by atoms with van der Waals surface area (Å²) in [4.78, 5) is 29.5. The second-order valence-corrected chi connectivity index (χ2v) is 6.36. The number of ether oxygens (including phenoxy) is 1. The van der Waals surface area contributed by atoms with Crippen LogP contribution >= 0.6 is 0 Å². The molecule has 0 saturated heterocycles. The summed E-state index contributed by atoms with van der Waals surface area (Å²) < 4.78 is 7.24. The topological polar surface area (TPSA) is 72.7 Å². The van der Waals surface area contributed by atoms with Gasteiger partial charge in [0.05, 0.1) is 6.61 Å². The number of pyridine rings is 1. The minimum Gasteiger partial charge on any atom is -0.371 e. The van der Waals surface area contributed by atoms with Gasteiger partial charge < -0.3 is 10.1 Å². The molecular weight excluding hydrogens is 330 g/mol. The van der Waals surface area contributed by atoms with Crippen LogP contribution in [0.25, 0.3) is 5.65 Å². The predicted molar refractivity (Wildman–Crippen MR) is 97.4 cm³/mol. The molecule has 4 rings (SSSR count). The van der Waals surface area contributed by atoms with Gasteiger partial charge in [0.25, 0.3) is 11.5 Å². The number of hydrogen-bond donors (Lipinski definition) is 1. The van der Waals surface area contributed by atoms with Crippen LogP contribution in [-0.4, -0.2) is 28.4 Å². The van der Waals surface area contributed by atoms with Gasteiger partial charge >= 0.3 is 0 Å². The molecule has 1 aliphatic heterocycles. The molecule has 1 unspecified atom stereocenters. The zero-order valence-electron chi connectivity index (χ0n) is 14.4. The second-order valence-electron chi connectivity index (χ2n) is 6.36. The van der Waals surface area contributed by atoms with Gasteiger partial charge in [0.1, 0.15) is 17.3 Å². The molecule has 3 aromatic rings. The van der Waals surface area contributed by atoms with Gasteiger partial charge in [-0.25, -0.2) is 4.98 Å². The molecule has 132 valence electrons. The highest BCUT2D eigenvalue weighted by Gasteiger charge is 2.22. The van der Waals surface area contributed by atoms with Gasteiger partial charge in [0, 0.05) is 18.4 Å². The lowest BCUT2D eigenvalue weighted by Crippen LogP contribution is -2.36. The van der Waals surface area contributed by atoms with Crippen molar-refractivity contribution in [1.29, 1.82) is 0 Å². The molecular formula is C20H19N3O3. The molecule has 0 bridgehead atoms. The standard InChI is InChI=1S/C20H19N3O3/c1-13-5-4-8-18-21-11-16(20(25)23(13)18)19(24)22-12-17-15-7-3-2-6-14(15)9-10-26-17/h2-8,11,17H,9-10,12H2,1H3,(H,22,24). The Bertz CT molecular complexity index is 1040. The summed E-state index contributed by atoms with van der Waals surface area (Å²) in [6.45, 7) is 2.74.